The third-order valence-electron chi connectivity index (χ3n) is 2.41. The van der Waals surface area contributed by atoms with E-state index in [0.29, 0.717) is 0 Å². The van der Waals surface area contributed by atoms with Crippen molar-refractivity contribution in [2.45, 2.75) is 19.6 Å². The molecule has 8 heteroatoms. The zero-order valence-corrected chi connectivity index (χ0v) is 17.2. The zero-order chi connectivity index (χ0) is 22.5. The van der Waals surface area contributed by atoms with Crippen LogP contribution in [0.1, 0.15) is 5.56 Å². The molecule has 0 aromatic heterocycles. The van der Waals surface area contributed by atoms with Gasteiger partial charge in [-0.2, -0.15) is 0 Å². The van der Waals surface area contributed by atoms with Crippen LogP contribution in [0, 0.1) is 33.3 Å². The zero-order valence-electron chi connectivity index (χ0n) is 14.9. The summed E-state index contributed by atoms with van der Waals surface area (Å²) in [4.78, 5) is 0. The molecule has 0 radical (unpaired) electrons. The van der Waals surface area contributed by atoms with Crippen LogP contribution in [0.25, 0.3) is 10.8 Å². The Morgan fingerprint density at radius 2 is 1.15 bits per heavy atom. The van der Waals surface area contributed by atoms with E-state index >= 15 is 0 Å². The summed E-state index contributed by atoms with van der Waals surface area (Å²) < 4.78 is 44.4. The molecule has 0 fully saturated rings. The number of rotatable bonds is 3. The summed E-state index contributed by atoms with van der Waals surface area (Å²) >= 11 is 3.07. The second kappa shape index (κ2) is 22.0. The van der Waals surface area contributed by atoms with Gasteiger partial charge in [-0.3, -0.25) is 0 Å². The van der Waals surface area contributed by atoms with E-state index in [9.17, 15) is 0 Å². The number of hydrogen-bond donors (Lipinski definition) is 0. The molecule has 0 bridgehead atoms. The molecule has 0 saturated carbocycles. The van der Waals surface area contributed by atoms with Gasteiger partial charge in [0.05, 0.1) is 0 Å². The second-order valence-corrected chi connectivity index (χ2v) is 10.0. The van der Waals surface area contributed by atoms with Crippen molar-refractivity contribution in [1.29, 1.82) is 0 Å². The molecule has 0 saturated heterocycles. The van der Waals surface area contributed by atoms with Crippen LogP contribution >= 0.6 is 0 Å². The van der Waals surface area contributed by atoms with Crippen molar-refractivity contribution < 1.29 is 43.5 Å². The van der Waals surface area contributed by atoms with Crippen LogP contribution in [0.4, 0.5) is 0 Å². The van der Waals surface area contributed by atoms with Gasteiger partial charge in [-0.05, 0) is 0 Å². The average molecular weight is 420 g/mol. The predicted molar refractivity (Wildman–Crippen MR) is 92.1 cm³/mol. The summed E-state index contributed by atoms with van der Waals surface area (Å²) in [5, 5.41) is 2.49. The van der Waals surface area contributed by atoms with E-state index in [4.69, 9.17) is 27.7 Å². The molecule has 0 heterocycles. The van der Waals surface area contributed by atoms with Crippen LogP contribution in [-0.2, 0) is 43.5 Å². The number of hydrogen-bond acceptors (Lipinski definition) is 1. The van der Waals surface area contributed by atoms with Crippen LogP contribution in [0.2, 0.25) is 19.6 Å². The Balaban J connectivity index is -0.000000230. The third-order valence-corrected chi connectivity index (χ3v) is 3.94. The molecule has 2 rings (SSSR count). The molecule has 0 aliphatic rings. The Labute approximate surface area is 168 Å². The van der Waals surface area contributed by atoms with Gasteiger partial charge < -0.3 is 0 Å². The Hall–Kier alpha value is -2.02. The van der Waals surface area contributed by atoms with E-state index in [0.717, 1.165) is 10.1 Å². The van der Waals surface area contributed by atoms with E-state index in [1.165, 1.54) is 10.8 Å². The first-order valence-electron chi connectivity index (χ1n) is 6.70. The molecule has 138 valence electrons. The molecule has 27 heavy (non-hydrogen) atoms. The van der Waals surface area contributed by atoms with Gasteiger partial charge in [-0.15, -0.1) is 0 Å². The molecule has 2 aromatic carbocycles. The maximum atomic E-state index is 7.50. The molecule has 0 N–H and O–H groups in total. The molecule has 0 spiro atoms. The first kappa shape index (κ1) is 32.6. The van der Waals surface area contributed by atoms with Gasteiger partial charge in [0.15, 0.2) is 0 Å². The first-order valence-corrected chi connectivity index (χ1v) is 10.8. The van der Waals surface area contributed by atoms with Gasteiger partial charge in [0, 0.05) is 0 Å². The standard InChI is InChI=1S/C14H16OSi.5CO.Cr/c1-16(2,3)15-11-13-9-6-8-12-7-4-5-10-14(12)13;5*1-2;/h4-10H,1-3H3;;;;;;. The van der Waals surface area contributed by atoms with Gasteiger partial charge >= 0.3 is 168 Å². The van der Waals surface area contributed by atoms with Crippen molar-refractivity contribution in [2.75, 3.05) is 0 Å². The fourth-order valence-corrected chi connectivity index (χ4v) is 3.85. The monoisotopic (exact) mass is 420 g/mol. The number of benzene rings is 2. The molecular formula is C19H16CrO6Si. The average Bonchev–Trinajstić information content (AvgIpc) is 2.74. The second-order valence-electron chi connectivity index (χ2n) is 5.03. The Morgan fingerprint density at radius 3 is 1.59 bits per heavy atom. The van der Waals surface area contributed by atoms with Crippen molar-refractivity contribution in [1.82, 2.24) is 0 Å². The van der Waals surface area contributed by atoms with E-state index in [-0.39, 0.29) is 0 Å². The van der Waals surface area contributed by atoms with Crippen molar-refractivity contribution in [3.8, 4) is 0 Å². The normalized spacial score (nSPS) is 7.74. The molecular weight excluding hydrogens is 404 g/mol. The Bertz CT molecular complexity index is 729. The van der Waals surface area contributed by atoms with Crippen molar-refractivity contribution in [3.63, 3.8) is 0 Å². The molecule has 0 amide bonds. The fraction of sp³-hybridized carbons (Fsp3) is 0.158. The summed E-state index contributed by atoms with van der Waals surface area (Å²) in [7, 11) is -1.56. The minimum absolute atomic E-state index is 0.918. The van der Waals surface area contributed by atoms with Crippen LogP contribution in [0.5, 0.6) is 0 Å². The molecule has 0 unspecified atom stereocenters. The van der Waals surface area contributed by atoms with Crippen LogP contribution < -0.4 is 0 Å². The van der Waals surface area contributed by atoms with E-state index < -0.39 is 8.32 Å². The third kappa shape index (κ3) is 14.8. The maximum absolute atomic E-state index is 7.50. The number of fused-ring (bicyclic) bond motifs is 1. The van der Waals surface area contributed by atoms with Crippen molar-refractivity contribution in [2.24, 2.45) is 0 Å². The molecule has 0 aliphatic carbocycles. The van der Waals surface area contributed by atoms with Crippen molar-refractivity contribution >= 4 is 23.7 Å². The Morgan fingerprint density at radius 1 is 0.741 bits per heavy atom. The summed E-state index contributed by atoms with van der Waals surface area (Å²) in [6.07, 6.45) is 0. The first-order chi connectivity index (χ1) is 13.0. The van der Waals surface area contributed by atoms with Gasteiger partial charge in [-0.1, -0.05) is 0 Å². The molecule has 0 atom stereocenters. The van der Waals surface area contributed by atoms with Gasteiger partial charge in [0.1, 0.15) is 0 Å². The fourth-order valence-electron chi connectivity index (χ4n) is 1.74. The quantitative estimate of drug-likeness (QED) is 0.423. The molecule has 2 aromatic rings. The van der Waals surface area contributed by atoms with Gasteiger partial charge in [-0.25, -0.2) is 0 Å². The summed E-state index contributed by atoms with van der Waals surface area (Å²) in [5.74, 6) is 0. The van der Waals surface area contributed by atoms with E-state index in [2.05, 4.69) is 111 Å². The summed E-state index contributed by atoms with van der Waals surface area (Å²) in [6.45, 7) is 29.1. The van der Waals surface area contributed by atoms with Crippen molar-refractivity contribution in [3.05, 3.63) is 81.3 Å². The topological polar surface area (TPSA) is 109 Å². The SMILES string of the molecule is C[Si](C)(C)O[C](=[Cr])c1cccc2ccccc12.[C-]#[O+].[C-]#[O+].[C-]#[O+].[C-]#[O+].[C-]#[O+]. The van der Waals surface area contributed by atoms with Gasteiger partial charge in [0.2, 0.25) is 0 Å². The van der Waals surface area contributed by atoms with Gasteiger partial charge in [0.25, 0.3) is 0 Å². The summed E-state index contributed by atoms with van der Waals surface area (Å²) in [6, 6.07) is 14.7. The summed E-state index contributed by atoms with van der Waals surface area (Å²) in [5.41, 5.74) is 1.16. The molecule has 6 nitrogen and oxygen atoms in total. The van der Waals surface area contributed by atoms with Crippen LogP contribution in [0.3, 0.4) is 0 Å². The molecule has 0 aliphatic heterocycles. The predicted octanol–water partition coefficient (Wildman–Crippen LogP) is 3.53. The Kier molecular flexibility index (Phi) is 26.6. The van der Waals surface area contributed by atoms with Crippen LogP contribution in [0.15, 0.2) is 42.5 Å². The van der Waals surface area contributed by atoms with E-state index in [1.54, 1.807) is 0 Å². The minimum atomic E-state index is -1.56. The van der Waals surface area contributed by atoms with Crippen LogP contribution in [-0.4, -0.2) is 12.9 Å². The van der Waals surface area contributed by atoms with E-state index in [1.807, 2.05) is 0 Å².